The van der Waals surface area contributed by atoms with Crippen LogP contribution in [0.1, 0.15) is 12.0 Å². The molecule has 2 heterocycles. The number of rotatable bonds is 5. The molecule has 0 saturated heterocycles. The zero-order valence-corrected chi connectivity index (χ0v) is 12.9. The van der Waals surface area contributed by atoms with Crippen LogP contribution < -0.4 is 5.32 Å². The minimum Gasteiger partial charge on any atom is -0.326 e. The van der Waals surface area contributed by atoms with Gasteiger partial charge in [-0.1, -0.05) is 16.6 Å². The van der Waals surface area contributed by atoms with E-state index in [1.165, 1.54) is 11.5 Å². The fourth-order valence-corrected chi connectivity index (χ4v) is 2.56. The van der Waals surface area contributed by atoms with Crippen molar-refractivity contribution in [2.24, 2.45) is 7.05 Å². The van der Waals surface area contributed by atoms with E-state index in [1.807, 2.05) is 42.9 Å². The van der Waals surface area contributed by atoms with Gasteiger partial charge in [0.1, 0.15) is 5.69 Å². The number of nitrogens with one attached hydrogen (secondary N) is 1. The van der Waals surface area contributed by atoms with E-state index in [1.54, 1.807) is 10.9 Å². The molecular formula is C15H15N5OS. The molecule has 3 rings (SSSR count). The van der Waals surface area contributed by atoms with E-state index >= 15 is 0 Å². The molecule has 1 amide bonds. The van der Waals surface area contributed by atoms with E-state index in [0.29, 0.717) is 12.8 Å². The lowest BCUT2D eigenvalue weighted by Gasteiger charge is -2.05. The molecule has 6 nitrogen and oxygen atoms in total. The summed E-state index contributed by atoms with van der Waals surface area (Å²) in [5.41, 5.74) is 3.67. The third kappa shape index (κ3) is 3.56. The first kappa shape index (κ1) is 14.4. The number of hydrogen-bond acceptors (Lipinski definition) is 5. The first-order valence-corrected chi connectivity index (χ1v) is 7.69. The fourth-order valence-electron chi connectivity index (χ4n) is 2.10. The van der Waals surface area contributed by atoms with Crippen molar-refractivity contribution in [1.82, 2.24) is 19.4 Å². The van der Waals surface area contributed by atoms with Gasteiger partial charge in [-0.15, -0.1) is 5.10 Å². The Morgan fingerprint density at radius 2 is 2.14 bits per heavy atom. The summed E-state index contributed by atoms with van der Waals surface area (Å²) in [5.74, 6) is -0.00747. The fraction of sp³-hybridized carbons (Fsp3) is 0.200. The maximum Gasteiger partial charge on any atom is 0.224 e. The minimum atomic E-state index is -0.00747. The van der Waals surface area contributed by atoms with E-state index in [0.717, 1.165) is 22.5 Å². The zero-order valence-electron chi connectivity index (χ0n) is 12.1. The Morgan fingerprint density at radius 1 is 1.32 bits per heavy atom. The molecule has 0 unspecified atom stereocenters. The molecule has 0 saturated carbocycles. The van der Waals surface area contributed by atoms with Crippen molar-refractivity contribution in [3.63, 3.8) is 0 Å². The predicted octanol–water partition coefficient (Wildman–Crippen LogP) is 2.51. The van der Waals surface area contributed by atoms with Crippen molar-refractivity contribution in [1.29, 1.82) is 0 Å². The molecule has 7 heteroatoms. The highest BCUT2D eigenvalue weighted by molar-refractivity contribution is 7.03. The molecule has 22 heavy (non-hydrogen) atoms. The quantitative estimate of drug-likeness (QED) is 0.785. The van der Waals surface area contributed by atoms with Crippen LogP contribution in [0, 0.1) is 0 Å². The summed E-state index contributed by atoms with van der Waals surface area (Å²) in [6, 6.07) is 7.59. The van der Waals surface area contributed by atoms with Gasteiger partial charge < -0.3 is 5.32 Å². The summed E-state index contributed by atoms with van der Waals surface area (Å²) < 4.78 is 5.57. The number of amides is 1. The van der Waals surface area contributed by atoms with Crippen molar-refractivity contribution < 1.29 is 4.79 Å². The second-order valence-electron chi connectivity index (χ2n) is 4.94. The van der Waals surface area contributed by atoms with Gasteiger partial charge in [0, 0.05) is 36.3 Å². The Kier molecular flexibility index (Phi) is 4.24. The number of nitrogens with zero attached hydrogens (tertiary/aromatic N) is 4. The lowest BCUT2D eigenvalue weighted by atomic mass is 10.1. The maximum absolute atomic E-state index is 11.9. The number of aryl methyl sites for hydroxylation is 2. The van der Waals surface area contributed by atoms with Gasteiger partial charge in [-0.05, 0) is 35.6 Å². The monoisotopic (exact) mass is 313 g/mol. The molecule has 112 valence electrons. The molecule has 0 spiro atoms. The average Bonchev–Trinajstić information content (AvgIpc) is 3.17. The largest absolute Gasteiger partial charge is 0.326 e. The van der Waals surface area contributed by atoms with Gasteiger partial charge in [0.15, 0.2) is 0 Å². The smallest absolute Gasteiger partial charge is 0.224 e. The minimum absolute atomic E-state index is 0.00747. The van der Waals surface area contributed by atoms with Gasteiger partial charge in [0.25, 0.3) is 0 Å². The predicted molar refractivity (Wildman–Crippen MR) is 85.5 cm³/mol. The van der Waals surface area contributed by atoms with Crippen LogP contribution in [0.25, 0.3) is 11.3 Å². The van der Waals surface area contributed by atoms with Gasteiger partial charge >= 0.3 is 0 Å². The number of anilines is 1. The first-order valence-electron chi connectivity index (χ1n) is 6.85. The van der Waals surface area contributed by atoms with E-state index in [2.05, 4.69) is 20.0 Å². The molecule has 3 aromatic rings. The van der Waals surface area contributed by atoms with Crippen LogP contribution in [-0.2, 0) is 18.3 Å². The van der Waals surface area contributed by atoms with Crippen molar-refractivity contribution in [2.45, 2.75) is 12.8 Å². The van der Waals surface area contributed by atoms with Gasteiger partial charge in [-0.3, -0.25) is 9.48 Å². The summed E-state index contributed by atoms with van der Waals surface area (Å²) in [6.07, 6.45) is 4.82. The number of benzene rings is 1. The Morgan fingerprint density at radius 3 is 2.77 bits per heavy atom. The number of hydrogen-bond donors (Lipinski definition) is 1. The van der Waals surface area contributed by atoms with Gasteiger partial charge in [-0.2, -0.15) is 5.10 Å². The molecule has 1 N–H and O–H groups in total. The molecule has 0 bridgehead atoms. The highest BCUT2D eigenvalue weighted by Gasteiger charge is 2.06. The summed E-state index contributed by atoms with van der Waals surface area (Å²) >= 11 is 1.32. The van der Waals surface area contributed by atoms with Crippen LogP contribution in [0.5, 0.6) is 0 Å². The van der Waals surface area contributed by atoms with Crippen LogP contribution >= 0.6 is 11.5 Å². The molecule has 0 fully saturated rings. The average molecular weight is 313 g/mol. The molecule has 0 aliphatic rings. The number of aromatic nitrogens is 4. The number of carbonyl (C=O) groups excluding carboxylic acids is 1. The van der Waals surface area contributed by atoms with E-state index in [9.17, 15) is 4.79 Å². The van der Waals surface area contributed by atoms with Crippen LogP contribution in [0.4, 0.5) is 5.69 Å². The van der Waals surface area contributed by atoms with Crippen molar-refractivity contribution in [2.75, 3.05) is 5.32 Å². The number of carbonyl (C=O) groups is 1. The third-order valence-electron chi connectivity index (χ3n) is 3.22. The SMILES string of the molecule is Cn1cc(CCC(=O)Nc2ccc(-c3csnn3)cc2)cn1. The molecule has 0 atom stereocenters. The second-order valence-corrected chi connectivity index (χ2v) is 5.55. The lowest BCUT2D eigenvalue weighted by Crippen LogP contribution is -2.12. The summed E-state index contributed by atoms with van der Waals surface area (Å²) in [4.78, 5) is 11.9. The van der Waals surface area contributed by atoms with Gasteiger partial charge in [0.05, 0.1) is 6.20 Å². The van der Waals surface area contributed by atoms with E-state index in [4.69, 9.17) is 0 Å². The Balaban J connectivity index is 1.55. The Bertz CT molecular complexity index is 749. The van der Waals surface area contributed by atoms with E-state index in [-0.39, 0.29) is 5.91 Å². The molecule has 0 aliphatic carbocycles. The highest BCUT2D eigenvalue weighted by atomic mass is 32.1. The lowest BCUT2D eigenvalue weighted by molar-refractivity contribution is -0.116. The molecule has 2 aromatic heterocycles. The zero-order chi connectivity index (χ0) is 15.4. The normalized spacial score (nSPS) is 10.6. The molecule has 1 aromatic carbocycles. The van der Waals surface area contributed by atoms with Crippen LogP contribution in [-0.4, -0.2) is 25.3 Å². The first-order chi connectivity index (χ1) is 10.7. The van der Waals surface area contributed by atoms with Crippen molar-refractivity contribution in [3.8, 4) is 11.3 Å². The Hall–Kier alpha value is -2.54. The van der Waals surface area contributed by atoms with Crippen molar-refractivity contribution in [3.05, 3.63) is 47.6 Å². The maximum atomic E-state index is 11.9. The second kappa shape index (κ2) is 6.48. The highest BCUT2D eigenvalue weighted by Crippen LogP contribution is 2.20. The summed E-state index contributed by atoms with van der Waals surface area (Å²) in [6.45, 7) is 0. The van der Waals surface area contributed by atoms with Crippen molar-refractivity contribution >= 4 is 23.1 Å². The van der Waals surface area contributed by atoms with Crippen LogP contribution in [0.2, 0.25) is 0 Å². The third-order valence-corrected chi connectivity index (χ3v) is 3.73. The summed E-state index contributed by atoms with van der Waals surface area (Å²) in [7, 11) is 1.86. The molecular weight excluding hydrogens is 298 g/mol. The van der Waals surface area contributed by atoms with E-state index < -0.39 is 0 Å². The van der Waals surface area contributed by atoms with Crippen LogP contribution in [0.15, 0.2) is 42.0 Å². The standard InChI is InChI=1S/C15H15N5OS/c1-20-9-11(8-16-20)2-7-15(21)17-13-5-3-12(4-6-13)14-10-22-19-18-14/h3-6,8-10H,2,7H2,1H3,(H,17,21). The summed E-state index contributed by atoms with van der Waals surface area (Å²) in [5, 5.41) is 12.9. The topological polar surface area (TPSA) is 72.7 Å². The Labute approximate surface area is 132 Å². The van der Waals surface area contributed by atoms with Gasteiger partial charge in [0.2, 0.25) is 5.91 Å². The molecule has 0 aliphatic heterocycles. The van der Waals surface area contributed by atoms with Crippen LogP contribution in [0.3, 0.4) is 0 Å². The molecule has 0 radical (unpaired) electrons. The van der Waals surface area contributed by atoms with Gasteiger partial charge in [-0.25, -0.2) is 0 Å².